The molecule has 2 aromatic carbocycles. The quantitative estimate of drug-likeness (QED) is 0.155. The number of likely N-dealkylation sites (N-methyl/N-ethyl adjacent to an activating group) is 1. The standard InChI is InChI=1S/C24H27ClF3N5O3/c1-29-15-31-20-13-22(35-9-10-36-24(27)28)21(32-23(34)5-4-8-33(2)3)11-16(20)14-30-17-6-7-19(26)18(25)12-17/h4-7,11-13,15,24,30H,1,8-10,14H2,2-3H3,(H,32,34)/b5-4+,31-15?. The number of hydrogen-bond donors (Lipinski definition) is 2. The van der Waals surface area contributed by atoms with Crippen LogP contribution in [0.25, 0.3) is 0 Å². The Bertz CT molecular complexity index is 1100. The molecular weight excluding hydrogens is 499 g/mol. The first-order chi connectivity index (χ1) is 17.2. The monoisotopic (exact) mass is 525 g/mol. The van der Waals surface area contributed by atoms with Crippen molar-refractivity contribution in [2.45, 2.75) is 13.2 Å². The zero-order valence-corrected chi connectivity index (χ0v) is 20.6. The summed E-state index contributed by atoms with van der Waals surface area (Å²) >= 11 is 5.85. The van der Waals surface area contributed by atoms with Gasteiger partial charge in [-0.25, -0.2) is 9.38 Å². The number of anilines is 2. The third-order valence-corrected chi connectivity index (χ3v) is 4.73. The van der Waals surface area contributed by atoms with E-state index in [4.69, 9.17) is 16.3 Å². The van der Waals surface area contributed by atoms with Gasteiger partial charge in [0.05, 0.1) is 23.0 Å². The predicted octanol–water partition coefficient (Wildman–Crippen LogP) is 5.13. The first-order valence-corrected chi connectivity index (χ1v) is 11.1. The van der Waals surface area contributed by atoms with E-state index in [2.05, 4.69) is 32.1 Å². The van der Waals surface area contributed by atoms with Crippen LogP contribution in [0.15, 0.2) is 52.5 Å². The van der Waals surface area contributed by atoms with E-state index in [0.717, 1.165) is 0 Å². The van der Waals surface area contributed by atoms with Gasteiger partial charge in [0.2, 0.25) is 5.91 Å². The van der Waals surface area contributed by atoms with Gasteiger partial charge in [0.15, 0.2) is 0 Å². The number of ether oxygens (including phenoxy) is 2. The summed E-state index contributed by atoms with van der Waals surface area (Å²) < 4.78 is 47.9. The maximum atomic E-state index is 13.5. The number of alkyl halides is 2. The molecule has 8 nitrogen and oxygen atoms in total. The number of amides is 1. The van der Waals surface area contributed by atoms with Crippen LogP contribution in [-0.2, 0) is 16.1 Å². The van der Waals surface area contributed by atoms with Crippen molar-refractivity contribution in [3.63, 3.8) is 0 Å². The molecule has 12 heteroatoms. The van der Waals surface area contributed by atoms with Gasteiger partial charge in [0.25, 0.3) is 0 Å². The second-order valence-electron chi connectivity index (χ2n) is 7.52. The molecule has 0 atom stereocenters. The molecule has 0 spiro atoms. The molecule has 0 saturated heterocycles. The van der Waals surface area contributed by atoms with Crippen LogP contribution >= 0.6 is 11.6 Å². The van der Waals surface area contributed by atoms with Gasteiger partial charge in [0, 0.05) is 30.9 Å². The van der Waals surface area contributed by atoms with Crippen LogP contribution in [0.4, 0.5) is 30.2 Å². The highest BCUT2D eigenvalue weighted by Gasteiger charge is 2.14. The second-order valence-corrected chi connectivity index (χ2v) is 7.93. The Morgan fingerprint density at radius 2 is 2.03 bits per heavy atom. The van der Waals surface area contributed by atoms with Crippen molar-refractivity contribution in [2.24, 2.45) is 9.98 Å². The van der Waals surface area contributed by atoms with Gasteiger partial charge in [-0.2, -0.15) is 8.78 Å². The van der Waals surface area contributed by atoms with Crippen LogP contribution in [0.5, 0.6) is 5.75 Å². The smallest absolute Gasteiger partial charge is 0.345 e. The molecular formula is C24H27ClF3N5O3. The Labute approximate surface area is 212 Å². The molecule has 0 aromatic heterocycles. The topological polar surface area (TPSA) is 87.5 Å². The average molecular weight is 526 g/mol. The lowest BCUT2D eigenvalue weighted by Crippen LogP contribution is -2.15. The minimum absolute atomic E-state index is 0.0404. The number of carbonyl (C=O) groups is 1. The van der Waals surface area contributed by atoms with Crippen molar-refractivity contribution in [3.8, 4) is 5.75 Å². The number of hydrogen-bond acceptors (Lipinski definition) is 6. The highest BCUT2D eigenvalue weighted by Crippen LogP contribution is 2.34. The Kier molecular flexibility index (Phi) is 11.9. The van der Waals surface area contributed by atoms with Crippen LogP contribution in [0, 0.1) is 5.82 Å². The number of rotatable bonds is 14. The van der Waals surface area contributed by atoms with Crippen molar-refractivity contribution in [3.05, 3.63) is 58.9 Å². The van der Waals surface area contributed by atoms with Crippen molar-refractivity contribution in [1.29, 1.82) is 0 Å². The summed E-state index contributed by atoms with van der Waals surface area (Å²) in [6.45, 7) is 0.635. The van der Waals surface area contributed by atoms with Gasteiger partial charge in [-0.15, -0.1) is 0 Å². The molecule has 0 saturated carbocycles. The van der Waals surface area contributed by atoms with E-state index in [0.29, 0.717) is 23.5 Å². The molecule has 0 heterocycles. The SMILES string of the molecule is C=NC=Nc1cc(OCCOC(F)F)c(NC(=O)/C=C/CN(C)C)cc1CNc1ccc(F)c(Cl)c1. The van der Waals surface area contributed by atoms with E-state index in [1.54, 1.807) is 12.1 Å². The molecule has 0 aliphatic carbocycles. The Hall–Kier alpha value is -3.41. The van der Waals surface area contributed by atoms with Crippen LogP contribution in [0.2, 0.25) is 5.02 Å². The van der Waals surface area contributed by atoms with Crippen LogP contribution < -0.4 is 15.4 Å². The summed E-state index contributed by atoms with van der Waals surface area (Å²) in [5.41, 5.74) is 1.86. The lowest BCUT2D eigenvalue weighted by molar-refractivity contribution is -0.133. The van der Waals surface area contributed by atoms with Gasteiger partial charge in [-0.05, 0) is 50.6 Å². The van der Waals surface area contributed by atoms with E-state index in [1.165, 1.54) is 36.7 Å². The molecule has 1 amide bonds. The zero-order chi connectivity index (χ0) is 26.5. The van der Waals surface area contributed by atoms with Crippen molar-refractivity contribution >= 4 is 47.6 Å². The number of nitrogens with zero attached hydrogens (tertiary/aromatic N) is 3. The maximum absolute atomic E-state index is 13.5. The molecule has 0 fully saturated rings. The molecule has 0 aliphatic heterocycles. The van der Waals surface area contributed by atoms with Crippen molar-refractivity contribution in [2.75, 3.05) is 44.5 Å². The minimum atomic E-state index is -2.93. The molecule has 0 radical (unpaired) electrons. The molecule has 194 valence electrons. The summed E-state index contributed by atoms with van der Waals surface area (Å²) in [5, 5.41) is 5.80. The highest BCUT2D eigenvalue weighted by atomic mass is 35.5. The molecule has 0 unspecified atom stereocenters. The van der Waals surface area contributed by atoms with Gasteiger partial charge in [-0.1, -0.05) is 17.7 Å². The lowest BCUT2D eigenvalue weighted by Gasteiger charge is -2.17. The zero-order valence-electron chi connectivity index (χ0n) is 19.8. The molecule has 2 rings (SSSR count). The molecule has 2 N–H and O–H groups in total. The normalized spacial score (nSPS) is 11.6. The fraction of sp³-hybridized carbons (Fsp3) is 0.292. The summed E-state index contributed by atoms with van der Waals surface area (Å²) in [5.74, 6) is -0.778. The van der Waals surface area contributed by atoms with Crippen LogP contribution in [-0.4, -0.2) is 64.3 Å². The lowest BCUT2D eigenvalue weighted by atomic mass is 10.1. The number of halogens is 4. The van der Waals surface area contributed by atoms with Crippen LogP contribution in [0.3, 0.4) is 0 Å². The van der Waals surface area contributed by atoms with E-state index >= 15 is 0 Å². The maximum Gasteiger partial charge on any atom is 0.345 e. The Balaban J connectivity index is 2.35. The Morgan fingerprint density at radius 3 is 2.69 bits per heavy atom. The van der Waals surface area contributed by atoms with Gasteiger partial charge >= 0.3 is 6.61 Å². The van der Waals surface area contributed by atoms with E-state index in [9.17, 15) is 18.0 Å². The molecule has 0 aliphatic rings. The third-order valence-electron chi connectivity index (χ3n) is 4.44. The van der Waals surface area contributed by atoms with Crippen molar-refractivity contribution < 1.29 is 27.4 Å². The fourth-order valence-corrected chi connectivity index (χ4v) is 3.01. The van der Waals surface area contributed by atoms with Gasteiger partial charge in [-0.3, -0.25) is 9.79 Å². The first-order valence-electron chi connectivity index (χ1n) is 10.7. The van der Waals surface area contributed by atoms with E-state index < -0.39 is 18.3 Å². The molecule has 0 bridgehead atoms. The molecule has 2 aromatic rings. The van der Waals surface area contributed by atoms with Crippen molar-refractivity contribution in [1.82, 2.24) is 4.90 Å². The van der Waals surface area contributed by atoms with Crippen LogP contribution in [0.1, 0.15) is 5.56 Å². The van der Waals surface area contributed by atoms with E-state index in [1.807, 2.05) is 19.0 Å². The summed E-state index contributed by atoms with van der Waals surface area (Å²) in [7, 11) is 3.72. The average Bonchev–Trinajstić information content (AvgIpc) is 2.82. The first kappa shape index (κ1) is 28.8. The summed E-state index contributed by atoms with van der Waals surface area (Å²) in [6.07, 6.45) is 4.27. The van der Waals surface area contributed by atoms with Gasteiger partial charge in [0.1, 0.15) is 24.5 Å². The summed E-state index contributed by atoms with van der Waals surface area (Å²) in [6, 6.07) is 7.33. The largest absolute Gasteiger partial charge is 0.489 e. The number of nitrogens with one attached hydrogen (secondary N) is 2. The van der Waals surface area contributed by atoms with Gasteiger partial charge < -0.3 is 25.0 Å². The number of carbonyl (C=O) groups excluding carboxylic acids is 1. The van der Waals surface area contributed by atoms with E-state index in [-0.39, 0.29) is 36.2 Å². The fourth-order valence-electron chi connectivity index (χ4n) is 2.83. The predicted molar refractivity (Wildman–Crippen MR) is 137 cm³/mol. The highest BCUT2D eigenvalue weighted by molar-refractivity contribution is 6.31. The number of aliphatic imine (C=N–C) groups is 2. The number of benzene rings is 2. The molecule has 36 heavy (non-hydrogen) atoms. The summed E-state index contributed by atoms with van der Waals surface area (Å²) in [4.78, 5) is 22.2. The minimum Gasteiger partial charge on any atom is -0.489 e. The third kappa shape index (κ3) is 10.1. The Morgan fingerprint density at radius 1 is 1.25 bits per heavy atom. The second kappa shape index (κ2) is 14.9.